The molecular weight excluding hydrogens is 504 g/mol. The number of alkyl carbamates (subject to hydrolysis) is 1. The standard InChI is InChI=1S/C33H48N2O5/c1-3-38-32(39-4-2)22-24-34-23-16-10-8-6-5-7-9-11-21-31(36)35-33(37)40-25-30-28-19-14-12-17-26(28)27-18-13-15-20-29(27)30/h12-15,17-20,30,32,34H,3-11,16,21-25H2,1-2H3,(H,35,36,37). The van der Waals surface area contributed by atoms with Crippen LogP contribution in [0.25, 0.3) is 11.1 Å². The zero-order chi connectivity index (χ0) is 28.4. The number of hydrogen-bond donors (Lipinski definition) is 2. The lowest BCUT2D eigenvalue weighted by Gasteiger charge is -2.16. The number of carbonyl (C=O) groups excluding carboxylic acids is 2. The van der Waals surface area contributed by atoms with Crippen molar-refractivity contribution in [3.05, 3.63) is 59.7 Å². The molecule has 3 rings (SSSR count). The summed E-state index contributed by atoms with van der Waals surface area (Å²) in [7, 11) is 0. The van der Waals surface area contributed by atoms with Gasteiger partial charge >= 0.3 is 6.09 Å². The lowest BCUT2D eigenvalue weighted by atomic mass is 9.98. The maximum atomic E-state index is 12.3. The van der Waals surface area contributed by atoms with Crippen molar-refractivity contribution >= 4 is 12.0 Å². The number of benzene rings is 2. The average molecular weight is 553 g/mol. The van der Waals surface area contributed by atoms with E-state index in [1.165, 1.54) is 43.2 Å². The Bertz CT molecular complexity index is 976. The summed E-state index contributed by atoms with van der Waals surface area (Å²) in [6.07, 6.45) is 9.45. The molecule has 0 saturated heterocycles. The van der Waals surface area contributed by atoms with Crippen molar-refractivity contribution in [3.63, 3.8) is 0 Å². The Kier molecular flexibility index (Phi) is 14.8. The fraction of sp³-hybridized carbons (Fsp3) is 0.576. The Morgan fingerprint density at radius 1 is 0.750 bits per heavy atom. The van der Waals surface area contributed by atoms with E-state index in [9.17, 15) is 9.59 Å². The molecule has 0 saturated carbocycles. The summed E-state index contributed by atoms with van der Waals surface area (Å²) >= 11 is 0. The third-order valence-electron chi connectivity index (χ3n) is 7.35. The lowest BCUT2D eigenvalue weighted by Crippen LogP contribution is -2.31. The van der Waals surface area contributed by atoms with E-state index in [-0.39, 0.29) is 24.7 Å². The van der Waals surface area contributed by atoms with E-state index in [1.54, 1.807) is 0 Å². The first-order valence-electron chi connectivity index (χ1n) is 15.2. The van der Waals surface area contributed by atoms with E-state index in [2.05, 4.69) is 34.9 Å². The van der Waals surface area contributed by atoms with Crippen molar-refractivity contribution < 1.29 is 23.8 Å². The number of fused-ring (bicyclic) bond motifs is 3. The van der Waals surface area contributed by atoms with Gasteiger partial charge < -0.3 is 19.5 Å². The lowest BCUT2D eigenvalue weighted by molar-refractivity contribution is -0.138. The molecule has 7 nitrogen and oxygen atoms in total. The fourth-order valence-corrected chi connectivity index (χ4v) is 5.34. The second kappa shape index (κ2) is 18.6. The first-order valence-corrected chi connectivity index (χ1v) is 15.2. The Morgan fingerprint density at radius 3 is 1.90 bits per heavy atom. The van der Waals surface area contributed by atoms with E-state index in [1.807, 2.05) is 38.1 Å². The highest BCUT2D eigenvalue weighted by molar-refractivity contribution is 5.91. The third kappa shape index (κ3) is 10.7. The van der Waals surface area contributed by atoms with E-state index in [0.717, 1.165) is 49.9 Å². The number of imide groups is 1. The Labute approximate surface area is 240 Å². The van der Waals surface area contributed by atoms with Gasteiger partial charge in [-0.25, -0.2) is 4.79 Å². The predicted molar refractivity (Wildman–Crippen MR) is 159 cm³/mol. The van der Waals surface area contributed by atoms with Crippen LogP contribution in [0.2, 0.25) is 0 Å². The summed E-state index contributed by atoms with van der Waals surface area (Å²) in [5.41, 5.74) is 4.68. The zero-order valence-electron chi connectivity index (χ0n) is 24.4. The van der Waals surface area contributed by atoms with Crippen LogP contribution >= 0.6 is 0 Å². The van der Waals surface area contributed by atoms with Crippen molar-refractivity contribution in [2.24, 2.45) is 0 Å². The summed E-state index contributed by atoms with van der Waals surface area (Å²) in [5.74, 6) is -0.276. The van der Waals surface area contributed by atoms with E-state index in [0.29, 0.717) is 19.6 Å². The predicted octanol–water partition coefficient (Wildman–Crippen LogP) is 6.94. The molecule has 0 aliphatic heterocycles. The fourth-order valence-electron chi connectivity index (χ4n) is 5.34. The minimum absolute atomic E-state index is 0.0106. The van der Waals surface area contributed by atoms with Gasteiger partial charge in [0.15, 0.2) is 6.29 Å². The molecule has 2 N–H and O–H groups in total. The number of ether oxygens (including phenoxy) is 3. The SMILES string of the molecule is CCOC(CCNCCCCCCCCCCC(=O)NC(=O)OCC1c2ccccc2-c2ccccc21)OCC. The Morgan fingerprint density at radius 2 is 1.30 bits per heavy atom. The highest BCUT2D eigenvalue weighted by Gasteiger charge is 2.29. The highest BCUT2D eigenvalue weighted by atomic mass is 16.7. The summed E-state index contributed by atoms with van der Waals surface area (Å²) in [4.78, 5) is 24.5. The molecule has 0 radical (unpaired) electrons. The molecule has 7 heteroatoms. The van der Waals surface area contributed by atoms with Gasteiger partial charge in [0.25, 0.3) is 0 Å². The van der Waals surface area contributed by atoms with E-state index >= 15 is 0 Å². The quantitative estimate of drug-likeness (QED) is 0.137. The van der Waals surface area contributed by atoms with E-state index in [4.69, 9.17) is 14.2 Å². The smallest absolute Gasteiger partial charge is 0.413 e. The monoisotopic (exact) mass is 552 g/mol. The van der Waals surface area contributed by atoms with Gasteiger partial charge in [0.05, 0.1) is 0 Å². The van der Waals surface area contributed by atoms with Gasteiger partial charge in [0, 0.05) is 32.0 Å². The summed E-state index contributed by atoms with van der Waals surface area (Å²) < 4.78 is 16.6. The molecule has 2 aromatic rings. The molecular formula is C33H48N2O5. The van der Waals surface area contributed by atoms with Gasteiger partial charge in [-0.3, -0.25) is 10.1 Å². The molecule has 0 bridgehead atoms. The minimum Gasteiger partial charge on any atom is -0.448 e. The Hall–Kier alpha value is -2.74. The number of unbranched alkanes of at least 4 members (excludes halogenated alkanes) is 7. The largest absolute Gasteiger partial charge is 0.448 e. The molecule has 2 amide bonds. The first kappa shape index (κ1) is 31.8. The van der Waals surface area contributed by atoms with Crippen LogP contribution in [-0.4, -0.2) is 51.2 Å². The highest BCUT2D eigenvalue weighted by Crippen LogP contribution is 2.44. The molecule has 1 aliphatic rings. The van der Waals surface area contributed by atoms with Crippen molar-refractivity contribution in [2.45, 2.75) is 90.3 Å². The minimum atomic E-state index is -0.662. The van der Waals surface area contributed by atoms with Crippen LogP contribution in [0, 0.1) is 0 Å². The average Bonchev–Trinajstić information content (AvgIpc) is 3.28. The molecule has 2 aromatic carbocycles. The summed E-state index contributed by atoms with van der Waals surface area (Å²) in [5, 5.41) is 5.86. The van der Waals surface area contributed by atoms with Gasteiger partial charge in [0.1, 0.15) is 6.61 Å². The number of rotatable bonds is 20. The normalized spacial score (nSPS) is 12.4. The second-order valence-corrected chi connectivity index (χ2v) is 10.3. The maximum absolute atomic E-state index is 12.3. The second-order valence-electron chi connectivity index (χ2n) is 10.3. The van der Waals surface area contributed by atoms with Crippen molar-refractivity contribution in [3.8, 4) is 11.1 Å². The molecule has 0 heterocycles. The molecule has 0 spiro atoms. The van der Waals surface area contributed by atoms with Crippen LogP contribution < -0.4 is 10.6 Å². The van der Waals surface area contributed by atoms with Crippen LogP contribution in [0.3, 0.4) is 0 Å². The van der Waals surface area contributed by atoms with Crippen LogP contribution in [0.15, 0.2) is 48.5 Å². The van der Waals surface area contributed by atoms with Gasteiger partial charge in [-0.2, -0.15) is 0 Å². The van der Waals surface area contributed by atoms with Gasteiger partial charge in [-0.05, 0) is 62.0 Å². The van der Waals surface area contributed by atoms with Crippen molar-refractivity contribution in [1.82, 2.24) is 10.6 Å². The van der Waals surface area contributed by atoms with Crippen molar-refractivity contribution in [1.29, 1.82) is 0 Å². The summed E-state index contributed by atoms with van der Waals surface area (Å²) in [6, 6.07) is 16.4. The zero-order valence-corrected chi connectivity index (χ0v) is 24.4. The van der Waals surface area contributed by atoms with Crippen LogP contribution in [0.1, 0.15) is 95.1 Å². The molecule has 0 unspecified atom stereocenters. The number of amides is 2. The van der Waals surface area contributed by atoms with Gasteiger partial charge in [0.2, 0.25) is 5.91 Å². The molecule has 0 fully saturated rings. The maximum Gasteiger partial charge on any atom is 0.413 e. The molecule has 220 valence electrons. The van der Waals surface area contributed by atoms with Crippen LogP contribution in [0.5, 0.6) is 0 Å². The number of carbonyl (C=O) groups is 2. The van der Waals surface area contributed by atoms with Gasteiger partial charge in [-0.1, -0.05) is 87.1 Å². The third-order valence-corrected chi connectivity index (χ3v) is 7.35. The Balaban J connectivity index is 1.16. The van der Waals surface area contributed by atoms with Crippen molar-refractivity contribution in [2.75, 3.05) is 32.9 Å². The molecule has 0 atom stereocenters. The molecule has 40 heavy (non-hydrogen) atoms. The molecule has 1 aliphatic carbocycles. The molecule has 0 aromatic heterocycles. The topological polar surface area (TPSA) is 85.9 Å². The van der Waals surface area contributed by atoms with Crippen LogP contribution in [0.4, 0.5) is 4.79 Å². The first-order chi connectivity index (χ1) is 19.6. The van der Waals surface area contributed by atoms with Crippen LogP contribution in [-0.2, 0) is 19.0 Å². The number of hydrogen-bond acceptors (Lipinski definition) is 6. The summed E-state index contributed by atoms with van der Waals surface area (Å²) in [6.45, 7) is 7.50. The number of nitrogens with one attached hydrogen (secondary N) is 2. The van der Waals surface area contributed by atoms with Gasteiger partial charge in [-0.15, -0.1) is 0 Å². The van der Waals surface area contributed by atoms with E-state index < -0.39 is 6.09 Å².